The van der Waals surface area contributed by atoms with Gasteiger partial charge in [0.25, 0.3) is 0 Å². The van der Waals surface area contributed by atoms with Crippen LogP contribution in [0.4, 0.5) is 0 Å². The van der Waals surface area contributed by atoms with Crippen molar-refractivity contribution in [2.45, 2.75) is 25.7 Å². The van der Waals surface area contributed by atoms with E-state index >= 15 is 0 Å². The van der Waals surface area contributed by atoms with Crippen molar-refractivity contribution in [3.63, 3.8) is 0 Å². The summed E-state index contributed by atoms with van der Waals surface area (Å²) in [4.78, 5) is 0. The molecular formula is C11H15BrN2. The van der Waals surface area contributed by atoms with Crippen LogP contribution < -0.4 is 11.1 Å². The Hall–Kier alpha value is -0.700. The van der Waals surface area contributed by atoms with Crippen LogP contribution in [0.2, 0.25) is 0 Å². The van der Waals surface area contributed by atoms with Crippen LogP contribution in [0.15, 0.2) is 33.6 Å². The van der Waals surface area contributed by atoms with Crippen molar-refractivity contribution >= 4 is 15.9 Å². The fourth-order valence-electron chi connectivity index (χ4n) is 1.96. The average molecular weight is 255 g/mol. The third-order valence-electron chi connectivity index (χ3n) is 2.77. The smallest absolute Gasteiger partial charge is 0.0565 e. The Labute approximate surface area is 93.1 Å². The van der Waals surface area contributed by atoms with Crippen LogP contribution >= 0.6 is 15.9 Å². The van der Waals surface area contributed by atoms with E-state index in [0.29, 0.717) is 0 Å². The lowest BCUT2D eigenvalue weighted by Crippen LogP contribution is -2.22. The highest BCUT2D eigenvalue weighted by Crippen LogP contribution is 2.29. The zero-order valence-corrected chi connectivity index (χ0v) is 9.73. The van der Waals surface area contributed by atoms with Crippen LogP contribution in [0, 0.1) is 0 Å². The minimum Gasteiger partial charge on any atom is -0.397 e. The zero-order valence-electron chi connectivity index (χ0n) is 8.15. The number of nitrogens with one attached hydrogen (secondary N) is 1. The highest BCUT2D eigenvalue weighted by molar-refractivity contribution is 9.12. The Morgan fingerprint density at radius 1 is 1.36 bits per heavy atom. The van der Waals surface area contributed by atoms with Crippen LogP contribution in [0.3, 0.4) is 0 Å². The summed E-state index contributed by atoms with van der Waals surface area (Å²) in [5.74, 6) is 0. The van der Waals surface area contributed by atoms with Gasteiger partial charge in [-0.2, -0.15) is 0 Å². The van der Waals surface area contributed by atoms with Gasteiger partial charge in [-0.3, -0.25) is 0 Å². The van der Waals surface area contributed by atoms with Crippen molar-refractivity contribution in [3.8, 4) is 0 Å². The molecule has 1 aliphatic carbocycles. The Kier molecular flexibility index (Phi) is 2.96. The van der Waals surface area contributed by atoms with Crippen LogP contribution in [0.1, 0.15) is 25.7 Å². The van der Waals surface area contributed by atoms with E-state index in [1.807, 2.05) is 6.20 Å². The third-order valence-corrected chi connectivity index (χ3v) is 3.42. The van der Waals surface area contributed by atoms with Crippen molar-refractivity contribution in [1.29, 1.82) is 0 Å². The van der Waals surface area contributed by atoms with Gasteiger partial charge in [-0.05, 0) is 52.8 Å². The van der Waals surface area contributed by atoms with Crippen molar-refractivity contribution in [3.05, 3.63) is 33.6 Å². The monoisotopic (exact) mass is 254 g/mol. The van der Waals surface area contributed by atoms with E-state index in [9.17, 15) is 0 Å². The van der Waals surface area contributed by atoms with Gasteiger partial charge in [0.2, 0.25) is 0 Å². The molecule has 1 heterocycles. The maximum Gasteiger partial charge on any atom is 0.0565 e. The van der Waals surface area contributed by atoms with Crippen LogP contribution in [0.5, 0.6) is 0 Å². The summed E-state index contributed by atoms with van der Waals surface area (Å²) in [6.45, 7) is 0.868. The molecule has 0 spiro atoms. The highest BCUT2D eigenvalue weighted by Gasteiger charge is 2.16. The Morgan fingerprint density at radius 3 is 2.93 bits per heavy atom. The number of hydrogen-bond donors (Lipinski definition) is 2. The number of nitrogens with two attached hydrogens (primary N) is 1. The van der Waals surface area contributed by atoms with Gasteiger partial charge in [0.15, 0.2) is 0 Å². The normalized spacial score (nSPS) is 22.6. The molecule has 2 aliphatic rings. The van der Waals surface area contributed by atoms with Gasteiger partial charge in [0, 0.05) is 12.7 Å². The Balaban J connectivity index is 2.28. The molecule has 0 amide bonds. The Morgan fingerprint density at radius 2 is 2.21 bits per heavy atom. The minimum atomic E-state index is 0.868. The van der Waals surface area contributed by atoms with Gasteiger partial charge in [-0.25, -0.2) is 0 Å². The second-order valence-electron chi connectivity index (χ2n) is 3.74. The number of dihydropyridines is 1. The number of hydrogen-bond acceptors (Lipinski definition) is 2. The lowest BCUT2D eigenvalue weighted by molar-refractivity contribution is 0.697. The van der Waals surface area contributed by atoms with Gasteiger partial charge in [0.1, 0.15) is 0 Å². The zero-order chi connectivity index (χ0) is 9.97. The van der Waals surface area contributed by atoms with Gasteiger partial charge in [-0.15, -0.1) is 0 Å². The molecule has 1 aliphatic heterocycles. The van der Waals surface area contributed by atoms with E-state index in [1.54, 1.807) is 0 Å². The molecule has 3 N–H and O–H groups in total. The predicted molar refractivity (Wildman–Crippen MR) is 62.8 cm³/mol. The largest absolute Gasteiger partial charge is 0.397 e. The fraction of sp³-hybridized carbons (Fsp3) is 0.455. The molecule has 0 unspecified atom stereocenters. The molecule has 0 aromatic heterocycles. The lowest BCUT2D eigenvalue weighted by Gasteiger charge is -2.22. The number of halogens is 1. The van der Waals surface area contributed by atoms with E-state index in [0.717, 1.165) is 16.7 Å². The summed E-state index contributed by atoms with van der Waals surface area (Å²) in [7, 11) is 0. The van der Waals surface area contributed by atoms with Crippen molar-refractivity contribution in [2.75, 3.05) is 6.54 Å². The lowest BCUT2D eigenvalue weighted by atomic mass is 9.91. The first-order valence-corrected chi connectivity index (χ1v) is 5.86. The highest BCUT2D eigenvalue weighted by atomic mass is 79.9. The van der Waals surface area contributed by atoms with Crippen LogP contribution in [-0.4, -0.2) is 6.54 Å². The van der Waals surface area contributed by atoms with Crippen molar-refractivity contribution in [2.24, 2.45) is 5.73 Å². The van der Waals surface area contributed by atoms with Crippen LogP contribution in [-0.2, 0) is 0 Å². The first kappa shape index (κ1) is 9.84. The SMILES string of the molecule is NC1=C(C2=CCCCC2)CNC=C1Br. The van der Waals surface area contributed by atoms with E-state index in [-0.39, 0.29) is 0 Å². The number of allylic oxidation sites excluding steroid dienone is 2. The number of rotatable bonds is 1. The molecule has 0 fully saturated rings. The molecule has 0 aromatic carbocycles. The fourth-order valence-corrected chi connectivity index (χ4v) is 2.36. The van der Waals surface area contributed by atoms with Crippen molar-refractivity contribution < 1.29 is 0 Å². The maximum absolute atomic E-state index is 6.04. The van der Waals surface area contributed by atoms with Gasteiger partial charge in [0.05, 0.1) is 10.2 Å². The summed E-state index contributed by atoms with van der Waals surface area (Å²) < 4.78 is 0.977. The molecule has 0 aromatic rings. The van der Waals surface area contributed by atoms with Gasteiger partial charge < -0.3 is 11.1 Å². The second-order valence-corrected chi connectivity index (χ2v) is 4.59. The standard InChI is InChI=1S/C11H15BrN2/c12-10-7-14-6-9(11(10)13)8-4-2-1-3-5-8/h4,7,14H,1-3,5-6,13H2. The Bertz CT molecular complexity index is 326. The third kappa shape index (κ3) is 1.87. The van der Waals surface area contributed by atoms with Crippen LogP contribution in [0.25, 0.3) is 0 Å². The van der Waals surface area contributed by atoms with E-state index in [4.69, 9.17) is 5.73 Å². The minimum absolute atomic E-state index is 0.868. The molecule has 14 heavy (non-hydrogen) atoms. The maximum atomic E-state index is 6.04. The first-order valence-electron chi connectivity index (χ1n) is 5.06. The average Bonchev–Trinajstić information content (AvgIpc) is 2.23. The molecule has 0 saturated heterocycles. The van der Waals surface area contributed by atoms with Crippen molar-refractivity contribution in [1.82, 2.24) is 5.32 Å². The first-order chi connectivity index (χ1) is 6.79. The molecular weight excluding hydrogens is 240 g/mol. The summed E-state index contributed by atoms with van der Waals surface area (Å²) in [5, 5.41) is 3.22. The topological polar surface area (TPSA) is 38.0 Å². The molecule has 2 nitrogen and oxygen atoms in total. The molecule has 0 bridgehead atoms. The molecule has 0 saturated carbocycles. The van der Waals surface area contributed by atoms with E-state index in [1.165, 1.54) is 36.8 Å². The predicted octanol–water partition coefficient (Wildman–Crippen LogP) is 2.54. The summed E-state index contributed by atoms with van der Waals surface area (Å²) >= 11 is 3.45. The molecule has 0 radical (unpaired) electrons. The van der Waals surface area contributed by atoms with Gasteiger partial charge >= 0.3 is 0 Å². The quantitative estimate of drug-likeness (QED) is 0.755. The summed E-state index contributed by atoms with van der Waals surface area (Å²) in [6.07, 6.45) is 9.25. The summed E-state index contributed by atoms with van der Waals surface area (Å²) in [5.41, 5.74) is 9.65. The molecule has 76 valence electrons. The molecule has 0 atom stereocenters. The molecule has 2 rings (SSSR count). The van der Waals surface area contributed by atoms with E-state index < -0.39 is 0 Å². The van der Waals surface area contributed by atoms with E-state index in [2.05, 4.69) is 27.3 Å². The summed E-state index contributed by atoms with van der Waals surface area (Å²) in [6, 6.07) is 0. The molecule has 3 heteroatoms. The second kappa shape index (κ2) is 4.22. The van der Waals surface area contributed by atoms with Gasteiger partial charge in [-0.1, -0.05) is 6.08 Å².